The molecule has 114 valence electrons. The van der Waals surface area contributed by atoms with E-state index >= 15 is 0 Å². The average Bonchev–Trinajstić information content (AvgIpc) is 2.99. The maximum absolute atomic E-state index is 11.7. The maximum Gasteiger partial charge on any atom is 0.259 e. The fraction of sp³-hybridized carbons (Fsp3) is 0.176. The minimum Gasteiger partial charge on any atom is -0.465 e. The quantitative estimate of drug-likeness (QED) is 0.636. The van der Waals surface area contributed by atoms with Crippen molar-refractivity contribution in [2.45, 2.75) is 13.8 Å². The van der Waals surface area contributed by atoms with Crippen LogP contribution < -0.4 is 10.7 Å². The second kappa shape index (κ2) is 7.83. The predicted octanol–water partition coefficient (Wildman–Crippen LogP) is 3.12. The van der Waals surface area contributed by atoms with E-state index in [-0.39, 0.29) is 12.5 Å². The van der Waals surface area contributed by atoms with Gasteiger partial charge in [0.1, 0.15) is 5.76 Å². The lowest BCUT2D eigenvalue weighted by molar-refractivity contribution is -0.119. The minimum absolute atomic E-state index is 0.172. The highest BCUT2D eigenvalue weighted by Crippen LogP contribution is 2.18. The van der Waals surface area contributed by atoms with Gasteiger partial charge in [0, 0.05) is 11.9 Å². The van der Waals surface area contributed by atoms with E-state index in [1.165, 1.54) is 6.21 Å². The molecule has 2 aromatic rings. The van der Waals surface area contributed by atoms with Crippen LogP contribution in [0.5, 0.6) is 0 Å². The summed E-state index contributed by atoms with van der Waals surface area (Å²) >= 11 is 0. The van der Waals surface area contributed by atoms with Gasteiger partial charge in [-0.15, -0.1) is 0 Å². The molecule has 0 radical (unpaired) electrons. The molecular weight excluding hydrogens is 278 g/mol. The number of para-hydroxylation sites is 1. The van der Waals surface area contributed by atoms with E-state index < -0.39 is 0 Å². The van der Waals surface area contributed by atoms with Gasteiger partial charge < -0.3 is 9.73 Å². The van der Waals surface area contributed by atoms with Crippen LogP contribution in [0.15, 0.2) is 52.2 Å². The van der Waals surface area contributed by atoms with Crippen LogP contribution in [0.1, 0.15) is 16.9 Å². The van der Waals surface area contributed by atoms with E-state index in [1.807, 2.05) is 38.1 Å². The number of allylic oxidation sites excluding steroid dienone is 1. The van der Waals surface area contributed by atoms with Crippen molar-refractivity contribution in [1.29, 1.82) is 0 Å². The lowest BCUT2D eigenvalue weighted by atomic mass is 10.1. The van der Waals surface area contributed by atoms with E-state index in [4.69, 9.17) is 4.42 Å². The normalized spacial score (nSPS) is 11.2. The number of anilines is 1. The molecule has 0 bridgehead atoms. The number of hydrogen-bond donors (Lipinski definition) is 2. The molecule has 0 saturated heterocycles. The fourth-order valence-corrected chi connectivity index (χ4v) is 1.98. The third-order valence-electron chi connectivity index (χ3n) is 3.06. The van der Waals surface area contributed by atoms with Gasteiger partial charge in [0.05, 0.1) is 12.8 Å². The van der Waals surface area contributed by atoms with Crippen LogP contribution in [0, 0.1) is 13.8 Å². The van der Waals surface area contributed by atoms with Crippen LogP contribution in [-0.4, -0.2) is 18.7 Å². The number of carbonyl (C=O) groups excluding carboxylic acids is 1. The number of hydrogen-bond acceptors (Lipinski definition) is 4. The Morgan fingerprint density at radius 3 is 2.68 bits per heavy atom. The molecule has 0 fully saturated rings. The molecule has 5 nitrogen and oxygen atoms in total. The Labute approximate surface area is 129 Å². The molecule has 0 atom stereocenters. The van der Waals surface area contributed by atoms with Crippen molar-refractivity contribution in [2.24, 2.45) is 5.10 Å². The second-order valence-electron chi connectivity index (χ2n) is 4.81. The number of amides is 1. The zero-order chi connectivity index (χ0) is 15.8. The molecule has 1 amide bonds. The summed E-state index contributed by atoms with van der Waals surface area (Å²) in [5, 5.41) is 6.96. The summed E-state index contributed by atoms with van der Waals surface area (Å²) in [5.74, 6) is 0.528. The van der Waals surface area contributed by atoms with Crippen molar-refractivity contribution in [3.8, 4) is 0 Å². The van der Waals surface area contributed by atoms with Crippen molar-refractivity contribution in [2.75, 3.05) is 11.9 Å². The first kappa shape index (κ1) is 15.6. The molecule has 0 aliphatic carbocycles. The van der Waals surface area contributed by atoms with Gasteiger partial charge in [-0.2, -0.15) is 5.10 Å². The van der Waals surface area contributed by atoms with Gasteiger partial charge in [-0.1, -0.05) is 18.2 Å². The van der Waals surface area contributed by atoms with E-state index in [0.29, 0.717) is 0 Å². The zero-order valence-electron chi connectivity index (χ0n) is 12.7. The van der Waals surface area contributed by atoms with Crippen LogP contribution in [0.25, 0.3) is 6.08 Å². The lowest BCUT2D eigenvalue weighted by Gasteiger charge is -2.11. The lowest BCUT2D eigenvalue weighted by Crippen LogP contribution is -2.26. The average molecular weight is 297 g/mol. The van der Waals surface area contributed by atoms with E-state index in [1.54, 1.807) is 24.5 Å². The van der Waals surface area contributed by atoms with Crippen molar-refractivity contribution in [3.05, 3.63) is 59.6 Å². The first-order valence-corrected chi connectivity index (χ1v) is 6.99. The van der Waals surface area contributed by atoms with Gasteiger partial charge in [-0.25, -0.2) is 5.43 Å². The molecule has 0 aliphatic rings. The largest absolute Gasteiger partial charge is 0.465 e. The number of carbonyl (C=O) groups is 1. The Hall–Kier alpha value is -2.82. The number of nitrogens with one attached hydrogen (secondary N) is 2. The monoisotopic (exact) mass is 297 g/mol. The summed E-state index contributed by atoms with van der Waals surface area (Å²) in [6, 6.07) is 9.64. The molecule has 5 heteroatoms. The molecule has 0 saturated carbocycles. The Morgan fingerprint density at radius 1 is 1.23 bits per heavy atom. The summed E-state index contributed by atoms with van der Waals surface area (Å²) in [4.78, 5) is 11.7. The first-order valence-electron chi connectivity index (χ1n) is 6.99. The molecule has 0 aliphatic heterocycles. The number of hydrazone groups is 1. The fourth-order valence-electron chi connectivity index (χ4n) is 1.98. The number of aryl methyl sites for hydroxylation is 2. The zero-order valence-corrected chi connectivity index (χ0v) is 12.7. The van der Waals surface area contributed by atoms with Crippen LogP contribution in [-0.2, 0) is 4.79 Å². The summed E-state index contributed by atoms with van der Waals surface area (Å²) in [6.45, 7) is 4.18. The van der Waals surface area contributed by atoms with E-state index in [9.17, 15) is 4.79 Å². The third-order valence-corrected chi connectivity index (χ3v) is 3.06. The number of furan rings is 1. The molecule has 0 unspecified atom stereocenters. The Morgan fingerprint density at radius 2 is 2.00 bits per heavy atom. The third kappa shape index (κ3) is 4.63. The molecule has 2 N–H and O–H groups in total. The topological polar surface area (TPSA) is 66.6 Å². The first-order chi connectivity index (χ1) is 10.7. The van der Waals surface area contributed by atoms with Gasteiger partial charge in [0.25, 0.3) is 5.91 Å². The maximum atomic E-state index is 11.7. The molecule has 0 spiro atoms. The number of nitrogens with zero attached hydrogens (tertiary/aromatic N) is 1. The summed E-state index contributed by atoms with van der Waals surface area (Å²) in [7, 11) is 0. The van der Waals surface area contributed by atoms with Crippen LogP contribution in [0.3, 0.4) is 0 Å². The van der Waals surface area contributed by atoms with Gasteiger partial charge in [0.2, 0.25) is 0 Å². The van der Waals surface area contributed by atoms with Crippen LogP contribution in [0.2, 0.25) is 0 Å². The molecular formula is C17H19N3O2. The molecule has 1 aromatic heterocycles. The smallest absolute Gasteiger partial charge is 0.259 e. The molecule has 1 heterocycles. The Kier molecular flexibility index (Phi) is 5.54. The van der Waals surface area contributed by atoms with Gasteiger partial charge >= 0.3 is 0 Å². The van der Waals surface area contributed by atoms with Crippen LogP contribution in [0.4, 0.5) is 5.69 Å². The van der Waals surface area contributed by atoms with Crippen LogP contribution >= 0.6 is 0 Å². The van der Waals surface area contributed by atoms with Crippen molar-refractivity contribution in [1.82, 2.24) is 5.43 Å². The summed E-state index contributed by atoms with van der Waals surface area (Å²) < 4.78 is 5.13. The number of rotatable bonds is 6. The van der Waals surface area contributed by atoms with Gasteiger partial charge in [-0.05, 0) is 49.3 Å². The summed E-state index contributed by atoms with van der Waals surface area (Å²) in [5.41, 5.74) is 5.66. The Balaban J connectivity index is 1.76. The van der Waals surface area contributed by atoms with E-state index in [0.717, 1.165) is 22.6 Å². The van der Waals surface area contributed by atoms with Gasteiger partial charge in [0.15, 0.2) is 0 Å². The van der Waals surface area contributed by atoms with E-state index in [2.05, 4.69) is 15.8 Å². The summed E-state index contributed by atoms with van der Waals surface area (Å²) in [6.07, 6.45) is 6.54. The number of benzene rings is 1. The Bertz CT molecular complexity index is 653. The highest BCUT2D eigenvalue weighted by molar-refractivity contribution is 5.83. The highest BCUT2D eigenvalue weighted by atomic mass is 16.3. The molecule has 2 rings (SSSR count). The van der Waals surface area contributed by atoms with Gasteiger partial charge in [-0.3, -0.25) is 4.79 Å². The molecule has 1 aromatic carbocycles. The standard InChI is InChI=1S/C17H19N3O2/c1-13-6-3-7-14(2)17(13)18-12-16(21)20-19-10-4-8-15-9-5-11-22-15/h3-11,18H,12H2,1-2H3,(H,20,21). The predicted molar refractivity (Wildman–Crippen MR) is 88.8 cm³/mol. The minimum atomic E-state index is -0.203. The molecule has 22 heavy (non-hydrogen) atoms. The van der Waals surface area contributed by atoms with Crippen molar-refractivity contribution < 1.29 is 9.21 Å². The second-order valence-corrected chi connectivity index (χ2v) is 4.81. The van der Waals surface area contributed by atoms with Crippen molar-refractivity contribution >= 4 is 23.9 Å². The van der Waals surface area contributed by atoms with Crippen molar-refractivity contribution in [3.63, 3.8) is 0 Å². The SMILES string of the molecule is Cc1cccc(C)c1NCC(=O)NN=CC=Cc1ccco1. The highest BCUT2D eigenvalue weighted by Gasteiger charge is 2.03.